The second-order valence-corrected chi connectivity index (χ2v) is 4.66. The number of amides is 1. The van der Waals surface area contributed by atoms with Gasteiger partial charge in [-0.25, -0.2) is 4.39 Å². The van der Waals surface area contributed by atoms with Gasteiger partial charge in [0.2, 0.25) is 0 Å². The van der Waals surface area contributed by atoms with Crippen molar-refractivity contribution in [2.45, 2.75) is 6.42 Å². The second-order valence-electron chi connectivity index (χ2n) is 4.26. The Hall–Kier alpha value is -1.86. The Morgan fingerprint density at radius 2 is 2.24 bits per heavy atom. The molecule has 1 amide bonds. The summed E-state index contributed by atoms with van der Waals surface area (Å²) in [5.74, 6) is -1.04. The fraction of sp³-hybridized carbons (Fsp3) is 0.385. The number of hydrogen-bond donors (Lipinski definition) is 2. The highest BCUT2D eigenvalue weighted by Crippen LogP contribution is 2.17. The SMILES string of the molecule is COCCN(CC/C(N)=N/O)C(=O)c1ccc(Cl)c(F)c1. The monoisotopic (exact) mass is 317 g/mol. The summed E-state index contributed by atoms with van der Waals surface area (Å²) in [6, 6.07) is 3.84. The highest BCUT2D eigenvalue weighted by molar-refractivity contribution is 6.30. The van der Waals surface area contributed by atoms with Crippen molar-refractivity contribution in [1.29, 1.82) is 0 Å². The molecule has 0 fully saturated rings. The third-order valence-electron chi connectivity index (χ3n) is 2.79. The maximum absolute atomic E-state index is 13.4. The molecule has 0 saturated carbocycles. The quantitative estimate of drug-likeness (QED) is 0.347. The van der Waals surface area contributed by atoms with Gasteiger partial charge in [-0.15, -0.1) is 0 Å². The summed E-state index contributed by atoms with van der Waals surface area (Å²) in [6.07, 6.45) is 0.196. The predicted molar refractivity (Wildman–Crippen MR) is 77.2 cm³/mol. The average molecular weight is 318 g/mol. The van der Waals surface area contributed by atoms with Crippen molar-refractivity contribution in [3.8, 4) is 0 Å². The van der Waals surface area contributed by atoms with E-state index >= 15 is 0 Å². The molecule has 0 saturated heterocycles. The van der Waals surface area contributed by atoms with Crippen LogP contribution in [0.3, 0.4) is 0 Å². The van der Waals surface area contributed by atoms with Crippen LogP contribution in [0.2, 0.25) is 5.02 Å². The largest absolute Gasteiger partial charge is 0.409 e. The van der Waals surface area contributed by atoms with Crippen LogP contribution in [0.5, 0.6) is 0 Å². The molecule has 0 spiro atoms. The van der Waals surface area contributed by atoms with Gasteiger partial charge in [0.1, 0.15) is 11.7 Å². The molecule has 0 radical (unpaired) electrons. The summed E-state index contributed by atoms with van der Waals surface area (Å²) in [5, 5.41) is 11.3. The van der Waals surface area contributed by atoms with Gasteiger partial charge in [0.05, 0.1) is 11.6 Å². The molecular weight excluding hydrogens is 301 g/mol. The standard InChI is InChI=1S/C13H17ClFN3O3/c1-21-7-6-18(5-4-12(16)17-20)13(19)9-2-3-10(14)11(15)8-9/h2-3,8,20H,4-7H2,1H3,(H2,16,17). The maximum atomic E-state index is 13.4. The molecule has 0 unspecified atom stereocenters. The fourth-order valence-electron chi connectivity index (χ4n) is 1.63. The number of halogens is 2. The van der Waals surface area contributed by atoms with Crippen LogP contribution in [0.15, 0.2) is 23.4 Å². The zero-order valence-corrected chi connectivity index (χ0v) is 12.3. The van der Waals surface area contributed by atoms with Crippen LogP contribution in [0.25, 0.3) is 0 Å². The molecule has 0 aliphatic rings. The Kier molecular flexibility index (Phi) is 6.90. The zero-order chi connectivity index (χ0) is 15.8. The number of hydrogen-bond acceptors (Lipinski definition) is 4. The Morgan fingerprint density at radius 3 is 2.81 bits per heavy atom. The van der Waals surface area contributed by atoms with E-state index in [1.165, 1.54) is 24.1 Å². The van der Waals surface area contributed by atoms with Gasteiger partial charge in [-0.3, -0.25) is 4.79 Å². The molecule has 3 N–H and O–H groups in total. The third kappa shape index (κ3) is 5.20. The number of oxime groups is 1. The van der Waals surface area contributed by atoms with Crippen LogP contribution < -0.4 is 5.73 Å². The highest BCUT2D eigenvalue weighted by atomic mass is 35.5. The predicted octanol–water partition coefficient (Wildman–Crippen LogP) is 1.70. The summed E-state index contributed by atoms with van der Waals surface area (Å²) in [6.45, 7) is 0.846. The van der Waals surface area contributed by atoms with Crippen molar-refractivity contribution < 1.29 is 19.1 Å². The van der Waals surface area contributed by atoms with Gasteiger partial charge in [-0.2, -0.15) is 0 Å². The van der Waals surface area contributed by atoms with E-state index < -0.39 is 5.82 Å². The first-order valence-corrected chi connectivity index (χ1v) is 6.57. The van der Waals surface area contributed by atoms with Crippen LogP contribution in [0.1, 0.15) is 16.8 Å². The van der Waals surface area contributed by atoms with Crippen molar-refractivity contribution in [3.05, 3.63) is 34.6 Å². The van der Waals surface area contributed by atoms with E-state index in [0.717, 1.165) is 6.07 Å². The molecule has 0 heterocycles. The molecule has 0 aromatic heterocycles. The number of nitrogens with zero attached hydrogens (tertiary/aromatic N) is 2. The normalized spacial score (nSPS) is 11.5. The Balaban J connectivity index is 2.84. The Bertz CT molecular complexity index is 525. The minimum Gasteiger partial charge on any atom is -0.409 e. The molecule has 116 valence electrons. The number of carbonyl (C=O) groups excluding carboxylic acids is 1. The Morgan fingerprint density at radius 1 is 1.52 bits per heavy atom. The number of rotatable bonds is 7. The van der Waals surface area contributed by atoms with Gasteiger partial charge >= 0.3 is 0 Å². The zero-order valence-electron chi connectivity index (χ0n) is 11.6. The minimum atomic E-state index is -0.661. The van der Waals surface area contributed by atoms with Crippen molar-refractivity contribution in [2.24, 2.45) is 10.9 Å². The summed E-state index contributed by atoms with van der Waals surface area (Å²) < 4.78 is 18.4. The molecule has 0 aliphatic heterocycles. The maximum Gasteiger partial charge on any atom is 0.254 e. The molecule has 1 aromatic carbocycles. The lowest BCUT2D eigenvalue weighted by atomic mass is 10.2. The van der Waals surface area contributed by atoms with E-state index in [1.54, 1.807) is 0 Å². The fourth-order valence-corrected chi connectivity index (χ4v) is 1.75. The first-order valence-electron chi connectivity index (χ1n) is 6.19. The van der Waals surface area contributed by atoms with E-state index in [1.807, 2.05) is 0 Å². The van der Waals surface area contributed by atoms with E-state index in [2.05, 4.69) is 5.16 Å². The van der Waals surface area contributed by atoms with Gasteiger partial charge in [0.15, 0.2) is 0 Å². The van der Waals surface area contributed by atoms with Crippen molar-refractivity contribution in [3.63, 3.8) is 0 Å². The first kappa shape index (κ1) is 17.2. The summed E-state index contributed by atoms with van der Waals surface area (Å²) in [7, 11) is 1.51. The number of ether oxygens (including phenoxy) is 1. The van der Waals surface area contributed by atoms with Crippen LogP contribution in [-0.2, 0) is 4.74 Å². The molecule has 0 atom stereocenters. The topological polar surface area (TPSA) is 88.2 Å². The summed E-state index contributed by atoms with van der Waals surface area (Å²) in [4.78, 5) is 13.8. The molecule has 1 rings (SSSR count). The minimum absolute atomic E-state index is 0.00695. The van der Waals surface area contributed by atoms with Gasteiger partial charge in [-0.1, -0.05) is 16.8 Å². The van der Waals surface area contributed by atoms with Crippen molar-refractivity contribution in [1.82, 2.24) is 4.90 Å². The van der Waals surface area contributed by atoms with E-state index in [4.69, 9.17) is 27.3 Å². The molecule has 6 nitrogen and oxygen atoms in total. The van der Waals surface area contributed by atoms with E-state index in [0.29, 0.717) is 13.2 Å². The molecule has 0 aliphatic carbocycles. The molecule has 21 heavy (non-hydrogen) atoms. The average Bonchev–Trinajstić information content (AvgIpc) is 2.49. The van der Waals surface area contributed by atoms with Crippen molar-refractivity contribution in [2.75, 3.05) is 26.8 Å². The molecule has 0 bridgehead atoms. The highest BCUT2D eigenvalue weighted by Gasteiger charge is 2.17. The summed E-state index contributed by atoms with van der Waals surface area (Å²) in [5.41, 5.74) is 5.56. The van der Waals surface area contributed by atoms with Crippen molar-refractivity contribution >= 4 is 23.3 Å². The van der Waals surface area contributed by atoms with Crippen LogP contribution in [0.4, 0.5) is 4.39 Å². The lowest BCUT2D eigenvalue weighted by molar-refractivity contribution is 0.0700. The van der Waals surface area contributed by atoms with Crippen LogP contribution >= 0.6 is 11.6 Å². The molecular formula is C13H17ClFN3O3. The third-order valence-corrected chi connectivity index (χ3v) is 3.09. The molecule has 1 aromatic rings. The van der Waals surface area contributed by atoms with E-state index in [-0.39, 0.29) is 35.3 Å². The number of carbonyl (C=O) groups is 1. The van der Waals surface area contributed by atoms with E-state index in [9.17, 15) is 9.18 Å². The first-order chi connectivity index (χ1) is 9.99. The lowest BCUT2D eigenvalue weighted by Crippen LogP contribution is -2.36. The number of methoxy groups -OCH3 is 1. The van der Waals surface area contributed by atoms with Gasteiger partial charge in [-0.05, 0) is 18.2 Å². The smallest absolute Gasteiger partial charge is 0.254 e. The molecule has 8 heteroatoms. The number of amidine groups is 1. The summed E-state index contributed by atoms with van der Waals surface area (Å²) >= 11 is 5.59. The number of nitrogens with two attached hydrogens (primary N) is 1. The Labute approximate surface area is 126 Å². The van der Waals surface area contributed by atoms with Gasteiger partial charge < -0.3 is 20.6 Å². The van der Waals surface area contributed by atoms with Crippen LogP contribution in [-0.4, -0.2) is 48.7 Å². The van der Waals surface area contributed by atoms with Crippen LogP contribution in [0, 0.1) is 5.82 Å². The lowest BCUT2D eigenvalue weighted by Gasteiger charge is -2.22. The second kappa shape index (κ2) is 8.43. The van der Waals surface area contributed by atoms with Gasteiger partial charge in [0.25, 0.3) is 5.91 Å². The number of benzene rings is 1. The van der Waals surface area contributed by atoms with Gasteiger partial charge in [0, 0.05) is 32.2 Å².